The number of hydrogen-bond acceptors (Lipinski definition) is 1. The van der Waals surface area contributed by atoms with Gasteiger partial charge in [0.25, 0.3) is 0 Å². The highest BCUT2D eigenvalue weighted by molar-refractivity contribution is 6.36. The lowest BCUT2D eigenvalue weighted by Gasteiger charge is -2.13. The Morgan fingerprint density at radius 2 is 1.80 bits per heavy atom. The molecule has 0 aliphatic carbocycles. The van der Waals surface area contributed by atoms with Gasteiger partial charge in [-0.15, -0.1) is 0 Å². The predicted molar refractivity (Wildman–Crippen MR) is 108 cm³/mol. The van der Waals surface area contributed by atoms with Crippen LogP contribution in [0.25, 0.3) is 5.69 Å². The molecular weight excluding hydrogens is 351 g/mol. The van der Waals surface area contributed by atoms with Gasteiger partial charge in [-0.3, -0.25) is 4.99 Å². The summed E-state index contributed by atoms with van der Waals surface area (Å²) in [5.41, 5.74) is 6.69. The molecule has 0 aliphatic heterocycles. The van der Waals surface area contributed by atoms with Gasteiger partial charge in [0.05, 0.1) is 10.7 Å². The summed E-state index contributed by atoms with van der Waals surface area (Å²) < 4.78 is 2.28. The van der Waals surface area contributed by atoms with E-state index in [1.165, 1.54) is 16.9 Å². The molecule has 4 heteroatoms. The number of para-hydroxylation sites is 1. The smallest absolute Gasteiger partial charge is 0.0817 e. The number of aliphatic imine (C=N–C) groups is 1. The molecule has 2 aromatic carbocycles. The number of benzene rings is 2. The van der Waals surface area contributed by atoms with Gasteiger partial charge < -0.3 is 4.57 Å². The lowest BCUT2D eigenvalue weighted by Crippen LogP contribution is -2.03. The van der Waals surface area contributed by atoms with Crippen molar-refractivity contribution >= 4 is 35.1 Å². The van der Waals surface area contributed by atoms with Crippen LogP contribution < -0.4 is 0 Å². The van der Waals surface area contributed by atoms with Crippen molar-refractivity contribution in [1.29, 1.82) is 0 Å². The molecule has 0 fully saturated rings. The van der Waals surface area contributed by atoms with E-state index in [-0.39, 0.29) is 0 Å². The van der Waals surface area contributed by atoms with Crippen molar-refractivity contribution < 1.29 is 0 Å². The molecular formula is C21H20Cl2N2. The molecule has 0 radical (unpaired) electrons. The van der Waals surface area contributed by atoms with Crippen LogP contribution in [0.4, 0.5) is 5.69 Å². The van der Waals surface area contributed by atoms with Crippen LogP contribution in [0.5, 0.6) is 0 Å². The van der Waals surface area contributed by atoms with E-state index in [0.717, 1.165) is 17.7 Å². The number of hydrogen-bond donors (Lipinski definition) is 0. The maximum Gasteiger partial charge on any atom is 0.0817 e. The highest BCUT2D eigenvalue weighted by Crippen LogP contribution is 2.28. The summed E-state index contributed by atoms with van der Waals surface area (Å²) in [5.74, 6) is 0. The molecule has 1 aromatic heterocycles. The molecule has 128 valence electrons. The Morgan fingerprint density at radius 3 is 2.52 bits per heavy atom. The van der Waals surface area contributed by atoms with Gasteiger partial charge in [-0.05, 0) is 56.2 Å². The van der Waals surface area contributed by atoms with E-state index in [0.29, 0.717) is 15.7 Å². The monoisotopic (exact) mass is 370 g/mol. The van der Waals surface area contributed by atoms with E-state index in [9.17, 15) is 0 Å². The van der Waals surface area contributed by atoms with Gasteiger partial charge in [-0.25, -0.2) is 0 Å². The van der Waals surface area contributed by atoms with Crippen LogP contribution in [0, 0.1) is 13.8 Å². The predicted octanol–water partition coefficient (Wildman–Crippen LogP) is 6.71. The fourth-order valence-corrected chi connectivity index (χ4v) is 3.50. The summed E-state index contributed by atoms with van der Waals surface area (Å²) >= 11 is 12.1. The third-order valence-electron chi connectivity index (χ3n) is 4.34. The fraction of sp³-hybridized carbons (Fsp3) is 0.190. The van der Waals surface area contributed by atoms with Crippen molar-refractivity contribution in [3.8, 4) is 5.69 Å². The van der Waals surface area contributed by atoms with Crippen LogP contribution in [0.15, 0.2) is 53.5 Å². The first-order chi connectivity index (χ1) is 12.0. The number of aryl methyl sites for hydroxylation is 2. The minimum atomic E-state index is 0.550. The Balaban J connectivity index is 2.01. The topological polar surface area (TPSA) is 17.3 Å². The second-order valence-corrected chi connectivity index (χ2v) is 6.84. The molecule has 3 aromatic rings. The van der Waals surface area contributed by atoms with Crippen LogP contribution in [0.3, 0.4) is 0 Å². The van der Waals surface area contributed by atoms with Crippen molar-refractivity contribution in [3.63, 3.8) is 0 Å². The van der Waals surface area contributed by atoms with Gasteiger partial charge in [0.1, 0.15) is 0 Å². The molecule has 0 spiro atoms. The SMILES string of the molecule is CCc1ccccc1-n1c(C)cc(C=Nc2ccc(Cl)cc2Cl)c1C. The average molecular weight is 371 g/mol. The lowest BCUT2D eigenvalue weighted by atomic mass is 10.1. The molecule has 3 rings (SSSR count). The molecule has 0 saturated carbocycles. The molecule has 25 heavy (non-hydrogen) atoms. The van der Waals surface area contributed by atoms with Crippen LogP contribution in [-0.4, -0.2) is 10.8 Å². The van der Waals surface area contributed by atoms with Crippen LogP contribution in [0.2, 0.25) is 10.0 Å². The molecule has 0 amide bonds. The number of rotatable bonds is 4. The zero-order valence-corrected chi connectivity index (χ0v) is 16.1. The number of nitrogens with zero attached hydrogens (tertiary/aromatic N) is 2. The minimum Gasteiger partial charge on any atom is -0.318 e. The van der Waals surface area contributed by atoms with Gasteiger partial charge in [0, 0.05) is 33.9 Å². The second-order valence-electron chi connectivity index (χ2n) is 6.00. The van der Waals surface area contributed by atoms with E-state index in [1.807, 2.05) is 12.3 Å². The lowest BCUT2D eigenvalue weighted by molar-refractivity contribution is 0.937. The van der Waals surface area contributed by atoms with Gasteiger partial charge in [0.2, 0.25) is 0 Å². The molecule has 0 atom stereocenters. The largest absolute Gasteiger partial charge is 0.318 e. The molecule has 0 N–H and O–H groups in total. The summed E-state index contributed by atoms with van der Waals surface area (Å²) in [4.78, 5) is 4.54. The highest BCUT2D eigenvalue weighted by Gasteiger charge is 2.12. The maximum absolute atomic E-state index is 6.20. The van der Waals surface area contributed by atoms with E-state index in [1.54, 1.807) is 12.1 Å². The number of aromatic nitrogens is 1. The van der Waals surface area contributed by atoms with Gasteiger partial charge in [-0.1, -0.05) is 48.3 Å². The molecule has 0 saturated heterocycles. The Kier molecular flexibility index (Phi) is 5.31. The fourth-order valence-electron chi connectivity index (χ4n) is 3.04. The summed E-state index contributed by atoms with van der Waals surface area (Å²) in [6.07, 6.45) is 2.86. The Morgan fingerprint density at radius 1 is 1.04 bits per heavy atom. The Hall–Kier alpha value is -2.03. The van der Waals surface area contributed by atoms with Crippen molar-refractivity contribution in [1.82, 2.24) is 4.57 Å². The summed E-state index contributed by atoms with van der Waals surface area (Å²) in [5, 5.41) is 1.16. The van der Waals surface area contributed by atoms with Crippen molar-refractivity contribution in [2.75, 3.05) is 0 Å². The first-order valence-corrected chi connectivity index (χ1v) is 9.03. The van der Waals surface area contributed by atoms with E-state index in [2.05, 4.69) is 60.7 Å². The standard InChI is InChI=1S/C21H20Cl2N2/c1-4-16-7-5-6-8-21(16)25-14(2)11-17(15(25)3)13-24-20-10-9-18(22)12-19(20)23/h5-13H,4H2,1-3H3. The van der Waals surface area contributed by atoms with Gasteiger partial charge >= 0.3 is 0 Å². The molecule has 0 unspecified atom stereocenters. The molecule has 2 nitrogen and oxygen atoms in total. The van der Waals surface area contributed by atoms with Gasteiger partial charge in [0.15, 0.2) is 0 Å². The summed E-state index contributed by atoms with van der Waals surface area (Å²) in [6, 6.07) is 16.0. The van der Waals surface area contributed by atoms with Crippen molar-refractivity contribution in [3.05, 3.63) is 81.1 Å². The second kappa shape index (κ2) is 7.47. The van der Waals surface area contributed by atoms with Crippen LogP contribution >= 0.6 is 23.2 Å². The first kappa shape index (κ1) is 17.8. The first-order valence-electron chi connectivity index (χ1n) is 8.27. The molecule has 0 bridgehead atoms. The number of halogens is 2. The Bertz CT molecular complexity index is 939. The van der Waals surface area contributed by atoms with Crippen molar-refractivity contribution in [2.45, 2.75) is 27.2 Å². The average Bonchev–Trinajstić information content (AvgIpc) is 2.88. The highest BCUT2D eigenvalue weighted by atomic mass is 35.5. The quantitative estimate of drug-likeness (QED) is 0.453. The molecule has 0 aliphatic rings. The minimum absolute atomic E-state index is 0.550. The van der Waals surface area contributed by atoms with Crippen LogP contribution in [-0.2, 0) is 6.42 Å². The van der Waals surface area contributed by atoms with E-state index < -0.39 is 0 Å². The van der Waals surface area contributed by atoms with E-state index in [4.69, 9.17) is 23.2 Å². The normalized spacial score (nSPS) is 11.4. The molecule has 1 heterocycles. The summed E-state index contributed by atoms with van der Waals surface area (Å²) in [7, 11) is 0. The third-order valence-corrected chi connectivity index (χ3v) is 4.87. The van der Waals surface area contributed by atoms with Crippen molar-refractivity contribution in [2.24, 2.45) is 4.99 Å². The van der Waals surface area contributed by atoms with Crippen LogP contribution in [0.1, 0.15) is 29.4 Å². The van der Waals surface area contributed by atoms with Gasteiger partial charge in [-0.2, -0.15) is 0 Å². The maximum atomic E-state index is 6.20. The Labute approximate surface area is 158 Å². The van der Waals surface area contributed by atoms with E-state index >= 15 is 0 Å². The zero-order chi connectivity index (χ0) is 18.0. The third kappa shape index (κ3) is 3.65. The summed E-state index contributed by atoms with van der Waals surface area (Å²) in [6.45, 7) is 6.41. The zero-order valence-electron chi connectivity index (χ0n) is 14.6.